The first kappa shape index (κ1) is 17.0. The molecule has 5 nitrogen and oxygen atoms in total. The Morgan fingerprint density at radius 3 is 2.40 bits per heavy atom. The first-order chi connectivity index (χ1) is 12.0. The van der Waals surface area contributed by atoms with Crippen molar-refractivity contribution in [2.45, 2.75) is 26.3 Å². The lowest BCUT2D eigenvalue weighted by atomic mass is 10.0. The number of hydrogen-bond acceptors (Lipinski definition) is 3. The van der Waals surface area contributed by atoms with Crippen molar-refractivity contribution in [3.63, 3.8) is 0 Å². The van der Waals surface area contributed by atoms with E-state index in [0.29, 0.717) is 29.9 Å². The minimum atomic E-state index is -0.699. The monoisotopic (exact) mass is 342 g/mol. The number of likely N-dealkylation sites (N-methyl/N-ethyl adjacent to an activating group) is 1. The van der Waals surface area contributed by atoms with Crippen molar-refractivity contribution in [3.8, 4) is 5.75 Å². The summed E-state index contributed by atoms with van der Waals surface area (Å²) in [5, 5.41) is 9.41. The summed E-state index contributed by atoms with van der Waals surface area (Å²) in [6.07, 6.45) is 0.412. The zero-order valence-electron chi connectivity index (χ0n) is 14.1. The average molecular weight is 342 g/mol. The third-order valence-electron chi connectivity index (χ3n) is 4.39. The predicted molar refractivity (Wildman–Crippen MR) is 93.4 cm³/mol. The molecule has 1 N–H and O–H groups in total. The summed E-state index contributed by atoms with van der Waals surface area (Å²) in [6.45, 7) is 4.10. The second-order valence-corrected chi connectivity index (χ2v) is 5.86. The molecule has 1 aliphatic heterocycles. The summed E-state index contributed by atoms with van der Waals surface area (Å²) >= 11 is 0. The average Bonchev–Trinajstić information content (AvgIpc) is 2.61. The van der Waals surface area contributed by atoms with Crippen LogP contribution >= 0.6 is 0 Å². The fourth-order valence-electron chi connectivity index (χ4n) is 3.17. The minimum Gasteiger partial charge on any atom is -0.508 e. The maximum atomic E-state index is 13.9. The van der Waals surface area contributed by atoms with Gasteiger partial charge in [0, 0.05) is 12.1 Å². The van der Waals surface area contributed by atoms with Crippen molar-refractivity contribution in [1.29, 1.82) is 0 Å². The van der Waals surface area contributed by atoms with E-state index >= 15 is 0 Å². The van der Waals surface area contributed by atoms with Crippen molar-refractivity contribution in [3.05, 3.63) is 53.8 Å². The Morgan fingerprint density at radius 2 is 1.80 bits per heavy atom. The van der Waals surface area contributed by atoms with E-state index in [9.17, 15) is 19.1 Å². The number of phenols is 1. The number of phenolic OH excluding ortho intramolecular Hbond substituents is 1. The Bertz CT molecular complexity index is 820. The molecule has 1 atom stereocenters. The van der Waals surface area contributed by atoms with Gasteiger partial charge in [-0.25, -0.2) is 4.39 Å². The number of amides is 2. The van der Waals surface area contributed by atoms with E-state index < -0.39 is 17.8 Å². The first-order valence-corrected chi connectivity index (χ1v) is 8.21. The number of carbonyl (C=O) groups is 2. The Kier molecular flexibility index (Phi) is 4.44. The van der Waals surface area contributed by atoms with Crippen LogP contribution in [0.15, 0.2) is 42.5 Å². The molecule has 0 saturated carbocycles. The molecule has 2 aromatic carbocycles. The lowest BCUT2D eigenvalue weighted by Crippen LogP contribution is -2.55. The predicted octanol–water partition coefficient (Wildman–Crippen LogP) is 3.32. The zero-order valence-corrected chi connectivity index (χ0v) is 14.1. The fraction of sp³-hybridized carbons (Fsp3) is 0.263. The second kappa shape index (κ2) is 6.55. The van der Waals surface area contributed by atoms with Crippen LogP contribution in [0.2, 0.25) is 0 Å². The Labute approximate surface area is 145 Å². The molecule has 0 unspecified atom stereocenters. The van der Waals surface area contributed by atoms with E-state index in [-0.39, 0.29) is 11.7 Å². The first-order valence-electron chi connectivity index (χ1n) is 8.21. The van der Waals surface area contributed by atoms with Crippen LogP contribution < -0.4 is 9.80 Å². The molecule has 130 valence electrons. The summed E-state index contributed by atoms with van der Waals surface area (Å²) in [7, 11) is 0. The van der Waals surface area contributed by atoms with E-state index in [4.69, 9.17) is 0 Å². The number of benzene rings is 2. The minimum absolute atomic E-state index is 0.0434. The number of halogens is 1. The van der Waals surface area contributed by atoms with E-state index in [0.717, 1.165) is 0 Å². The molecular weight excluding hydrogens is 323 g/mol. The molecule has 0 bridgehead atoms. The molecule has 0 radical (unpaired) electrons. The Balaban J connectivity index is 2.15. The number of fused-ring (bicyclic) bond motifs is 1. The molecule has 0 spiro atoms. The Morgan fingerprint density at radius 1 is 1.12 bits per heavy atom. The van der Waals surface area contributed by atoms with E-state index in [1.807, 2.05) is 13.8 Å². The van der Waals surface area contributed by atoms with Gasteiger partial charge in [-0.15, -0.1) is 0 Å². The van der Waals surface area contributed by atoms with Crippen molar-refractivity contribution in [2.24, 2.45) is 0 Å². The molecule has 2 aromatic rings. The van der Waals surface area contributed by atoms with Crippen LogP contribution in [0.5, 0.6) is 5.75 Å². The van der Waals surface area contributed by atoms with Crippen LogP contribution in [0.3, 0.4) is 0 Å². The summed E-state index contributed by atoms with van der Waals surface area (Å²) in [6, 6.07) is 9.18. The van der Waals surface area contributed by atoms with Crippen LogP contribution in [0.4, 0.5) is 15.8 Å². The van der Waals surface area contributed by atoms with Gasteiger partial charge in [-0.1, -0.05) is 6.92 Å². The third kappa shape index (κ3) is 2.84. The third-order valence-corrected chi connectivity index (χ3v) is 4.39. The molecular formula is C19H19FN2O3. The van der Waals surface area contributed by atoms with Gasteiger partial charge in [-0.2, -0.15) is 0 Å². The molecule has 6 heteroatoms. The number of aromatic hydroxyl groups is 1. The van der Waals surface area contributed by atoms with Crippen molar-refractivity contribution in [2.75, 3.05) is 16.3 Å². The lowest BCUT2D eigenvalue weighted by Gasteiger charge is -2.41. The van der Waals surface area contributed by atoms with Crippen molar-refractivity contribution >= 4 is 23.2 Å². The maximum Gasteiger partial charge on any atom is 0.259 e. The van der Waals surface area contributed by atoms with Crippen molar-refractivity contribution in [1.82, 2.24) is 0 Å². The van der Waals surface area contributed by atoms with E-state index in [1.54, 1.807) is 4.90 Å². The van der Waals surface area contributed by atoms with Crippen LogP contribution in [0, 0.1) is 5.82 Å². The lowest BCUT2D eigenvalue weighted by molar-refractivity contribution is -0.120. The quantitative estimate of drug-likeness (QED) is 0.931. The highest BCUT2D eigenvalue weighted by Crippen LogP contribution is 2.38. The molecule has 1 aliphatic rings. The molecule has 0 fully saturated rings. The van der Waals surface area contributed by atoms with Gasteiger partial charge < -0.3 is 10.0 Å². The van der Waals surface area contributed by atoms with Crippen LogP contribution in [-0.4, -0.2) is 29.5 Å². The highest BCUT2D eigenvalue weighted by atomic mass is 19.1. The van der Waals surface area contributed by atoms with E-state index in [2.05, 4.69) is 0 Å². The summed E-state index contributed by atoms with van der Waals surface area (Å²) in [5.74, 6) is -1.01. The Hall–Kier alpha value is -2.89. The molecule has 2 amide bonds. The van der Waals surface area contributed by atoms with Gasteiger partial charge in [-0.05, 0) is 55.8 Å². The van der Waals surface area contributed by atoms with Gasteiger partial charge in [0.15, 0.2) is 0 Å². The number of anilines is 2. The highest BCUT2D eigenvalue weighted by Gasteiger charge is 2.40. The normalized spacial score (nSPS) is 16.8. The number of nitrogens with zero attached hydrogens (tertiary/aromatic N) is 2. The zero-order chi connectivity index (χ0) is 18.1. The van der Waals surface area contributed by atoms with Gasteiger partial charge in [0.2, 0.25) is 5.91 Å². The van der Waals surface area contributed by atoms with Crippen LogP contribution in [0.1, 0.15) is 30.6 Å². The maximum absolute atomic E-state index is 13.9. The smallest absolute Gasteiger partial charge is 0.259 e. The fourth-order valence-corrected chi connectivity index (χ4v) is 3.17. The second-order valence-electron chi connectivity index (χ2n) is 5.86. The molecule has 0 aliphatic carbocycles. The number of carbonyl (C=O) groups excluding carboxylic acids is 2. The number of rotatable bonds is 3. The summed E-state index contributed by atoms with van der Waals surface area (Å²) in [4.78, 5) is 28.8. The highest BCUT2D eigenvalue weighted by molar-refractivity contribution is 6.17. The van der Waals surface area contributed by atoms with Gasteiger partial charge >= 0.3 is 0 Å². The summed E-state index contributed by atoms with van der Waals surface area (Å²) < 4.78 is 13.9. The topological polar surface area (TPSA) is 60.9 Å². The summed E-state index contributed by atoms with van der Waals surface area (Å²) in [5.41, 5.74) is 1.22. The van der Waals surface area contributed by atoms with Crippen LogP contribution in [0.25, 0.3) is 0 Å². The van der Waals surface area contributed by atoms with Gasteiger partial charge in [0.05, 0.1) is 11.4 Å². The molecule has 0 aromatic heterocycles. The largest absolute Gasteiger partial charge is 0.508 e. The molecule has 0 saturated heterocycles. The van der Waals surface area contributed by atoms with Gasteiger partial charge in [-0.3, -0.25) is 14.5 Å². The van der Waals surface area contributed by atoms with E-state index in [1.165, 1.54) is 47.4 Å². The SMILES string of the molecule is CC[C@H]1C(=O)N(CC)c2ccc(F)cc2N1C(=O)c1ccc(O)cc1. The van der Waals surface area contributed by atoms with Gasteiger partial charge in [0.25, 0.3) is 5.91 Å². The molecule has 1 heterocycles. The molecule has 25 heavy (non-hydrogen) atoms. The number of hydrogen-bond donors (Lipinski definition) is 1. The molecule has 3 rings (SSSR count). The van der Waals surface area contributed by atoms with Gasteiger partial charge in [0.1, 0.15) is 17.6 Å². The van der Waals surface area contributed by atoms with Crippen LogP contribution in [-0.2, 0) is 4.79 Å². The standard InChI is InChI=1S/C19H19FN2O3/c1-3-15-19(25)21(4-2)16-10-7-13(20)11-17(16)22(15)18(24)12-5-8-14(23)9-6-12/h5-11,15,23H,3-4H2,1-2H3/t15-/m0/s1. The van der Waals surface area contributed by atoms with Crippen molar-refractivity contribution < 1.29 is 19.1 Å².